The minimum absolute atomic E-state index is 0.382. The first-order chi connectivity index (χ1) is 8.20. The molecule has 0 saturated carbocycles. The van der Waals surface area contributed by atoms with Gasteiger partial charge in [0.25, 0.3) is 5.91 Å². The third-order valence-electron chi connectivity index (χ3n) is 2.91. The second kappa shape index (κ2) is 5.05. The number of hydrogen-bond acceptors (Lipinski definition) is 4. The van der Waals surface area contributed by atoms with E-state index >= 15 is 0 Å². The van der Waals surface area contributed by atoms with Gasteiger partial charge in [0, 0.05) is 19.7 Å². The first-order valence-corrected chi connectivity index (χ1v) is 5.71. The molecule has 0 unspecified atom stereocenters. The Morgan fingerprint density at radius 3 is 2.88 bits per heavy atom. The molecular weight excluding hydrogens is 218 g/mol. The summed E-state index contributed by atoms with van der Waals surface area (Å²) in [4.78, 5) is 13.4. The van der Waals surface area contributed by atoms with E-state index in [9.17, 15) is 4.79 Å². The summed E-state index contributed by atoms with van der Waals surface area (Å²) in [7, 11) is 0. The van der Waals surface area contributed by atoms with E-state index in [0.717, 1.165) is 31.8 Å². The molecule has 1 aliphatic heterocycles. The minimum Gasteiger partial charge on any atom is -0.396 e. The van der Waals surface area contributed by atoms with Gasteiger partial charge in [-0.1, -0.05) is 6.07 Å². The number of amides is 1. The molecule has 17 heavy (non-hydrogen) atoms. The summed E-state index contributed by atoms with van der Waals surface area (Å²) in [6.45, 7) is 3.12. The fraction of sp³-hybridized carbons (Fsp3) is 0.417. The largest absolute Gasteiger partial charge is 0.396 e. The fourth-order valence-electron chi connectivity index (χ4n) is 2.03. The van der Waals surface area contributed by atoms with Gasteiger partial charge in [-0.3, -0.25) is 4.79 Å². The number of rotatable bonds is 2. The van der Waals surface area contributed by atoms with Crippen molar-refractivity contribution >= 4 is 17.3 Å². The lowest BCUT2D eigenvalue weighted by Gasteiger charge is -2.24. The first-order valence-electron chi connectivity index (χ1n) is 5.71. The molecule has 0 aliphatic carbocycles. The molecule has 1 aromatic rings. The van der Waals surface area contributed by atoms with E-state index in [2.05, 4.69) is 4.90 Å². The first kappa shape index (κ1) is 11.7. The van der Waals surface area contributed by atoms with Crippen molar-refractivity contribution in [3.8, 4) is 0 Å². The van der Waals surface area contributed by atoms with Crippen LogP contribution in [0.2, 0.25) is 0 Å². The molecular formula is C12H17N3O2. The Balaban J connectivity index is 2.30. The average molecular weight is 235 g/mol. The van der Waals surface area contributed by atoms with Crippen molar-refractivity contribution in [2.24, 2.45) is 5.73 Å². The van der Waals surface area contributed by atoms with Crippen molar-refractivity contribution in [3.63, 3.8) is 0 Å². The summed E-state index contributed by atoms with van der Waals surface area (Å²) in [5, 5.41) is 0. The number of hydrogen-bond donors (Lipinski definition) is 2. The highest BCUT2D eigenvalue weighted by Crippen LogP contribution is 2.27. The maximum Gasteiger partial charge on any atom is 0.250 e. The SMILES string of the molecule is NC(=O)c1cccc(N2CCCOCC2)c1N. The standard InChI is InChI=1S/C12H17N3O2/c13-11-9(12(14)16)3-1-4-10(11)15-5-2-7-17-8-6-15/h1,3-4H,2,5-8,13H2,(H2,14,16). The van der Waals surface area contributed by atoms with E-state index in [4.69, 9.17) is 16.2 Å². The lowest BCUT2D eigenvalue weighted by atomic mass is 10.1. The second-order valence-corrected chi connectivity index (χ2v) is 4.06. The van der Waals surface area contributed by atoms with Crippen LogP contribution in [0.15, 0.2) is 18.2 Å². The van der Waals surface area contributed by atoms with Gasteiger partial charge >= 0.3 is 0 Å². The number of benzene rings is 1. The molecule has 5 heteroatoms. The van der Waals surface area contributed by atoms with E-state index < -0.39 is 5.91 Å². The third-order valence-corrected chi connectivity index (χ3v) is 2.91. The Hall–Kier alpha value is -1.75. The maximum atomic E-state index is 11.2. The number of nitrogen functional groups attached to an aromatic ring is 1. The van der Waals surface area contributed by atoms with Gasteiger partial charge in [-0.2, -0.15) is 0 Å². The summed E-state index contributed by atoms with van der Waals surface area (Å²) in [5.41, 5.74) is 13.0. The van der Waals surface area contributed by atoms with Gasteiger partial charge in [0.05, 0.1) is 23.5 Å². The molecule has 1 aromatic carbocycles. The Bertz CT molecular complexity index is 412. The number of para-hydroxylation sites is 1. The van der Waals surface area contributed by atoms with Crippen molar-refractivity contribution in [2.75, 3.05) is 36.9 Å². The molecule has 2 rings (SSSR count). The highest BCUT2D eigenvalue weighted by Gasteiger charge is 2.16. The molecule has 1 aliphatic rings. The van der Waals surface area contributed by atoms with Crippen molar-refractivity contribution < 1.29 is 9.53 Å². The zero-order valence-electron chi connectivity index (χ0n) is 9.69. The van der Waals surface area contributed by atoms with Gasteiger partial charge < -0.3 is 21.1 Å². The summed E-state index contributed by atoms with van der Waals surface area (Å²) in [6, 6.07) is 5.36. The van der Waals surface area contributed by atoms with Gasteiger partial charge in [0.15, 0.2) is 0 Å². The zero-order chi connectivity index (χ0) is 12.3. The lowest BCUT2D eigenvalue weighted by Crippen LogP contribution is -2.27. The number of nitrogens with zero attached hydrogens (tertiary/aromatic N) is 1. The van der Waals surface area contributed by atoms with Crippen molar-refractivity contribution in [2.45, 2.75) is 6.42 Å². The topological polar surface area (TPSA) is 81.6 Å². The summed E-state index contributed by atoms with van der Waals surface area (Å²) < 4.78 is 5.39. The highest BCUT2D eigenvalue weighted by molar-refractivity contribution is 6.00. The van der Waals surface area contributed by atoms with Gasteiger partial charge in [-0.05, 0) is 18.6 Å². The van der Waals surface area contributed by atoms with Crippen LogP contribution >= 0.6 is 0 Å². The Labute approximate surface area is 100 Å². The van der Waals surface area contributed by atoms with Gasteiger partial charge in [-0.15, -0.1) is 0 Å². The van der Waals surface area contributed by atoms with Crippen molar-refractivity contribution in [1.82, 2.24) is 0 Å². The summed E-state index contributed by atoms with van der Waals surface area (Å²) in [5.74, 6) is -0.490. The predicted octanol–water partition coefficient (Wildman–Crippen LogP) is 0.594. The minimum atomic E-state index is -0.490. The number of nitrogens with two attached hydrogens (primary N) is 2. The van der Waals surface area contributed by atoms with Crippen molar-refractivity contribution in [1.29, 1.82) is 0 Å². The molecule has 5 nitrogen and oxygen atoms in total. The van der Waals surface area contributed by atoms with E-state index in [-0.39, 0.29) is 0 Å². The maximum absolute atomic E-state index is 11.2. The zero-order valence-corrected chi connectivity index (χ0v) is 9.69. The molecule has 1 saturated heterocycles. The average Bonchev–Trinajstić information content (AvgIpc) is 2.57. The molecule has 1 fully saturated rings. The van der Waals surface area contributed by atoms with Crippen LogP contribution in [0.4, 0.5) is 11.4 Å². The van der Waals surface area contributed by atoms with E-state index in [0.29, 0.717) is 17.9 Å². The Morgan fingerprint density at radius 2 is 2.12 bits per heavy atom. The van der Waals surface area contributed by atoms with Crippen molar-refractivity contribution in [3.05, 3.63) is 23.8 Å². The molecule has 0 atom stereocenters. The van der Waals surface area contributed by atoms with Crippen LogP contribution in [0.1, 0.15) is 16.8 Å². The molecule has 4 N–H and O–H groups in total. The summed E-state index contributed by atoms with van der Waals surface area (Å²) >= 11 is 0. The number of ether oxygens (including phenoxy) is 1. The predicted molar refractivity (Wildman–Crippen MR) is 67.0 cm³/mol. The van der Waals surface area contributed by atoms with Crippen LogP contribution in [0, 0.1) is 0 Å². The Morgan fingerprint density at radius 1 is 1.29 bits per heavy atom. The fourth-order valence-corrected chi connectivity index (χ4v) is 2.03. The van der Waals surface area contributed by atoms with Gasteiger partial charge in [0.1, 0.15) is 0 Å². The molecule has 0 bridgehead atoms. The van der Waals surface area contributed by atoms with Crippen LogP contribution in [0.25, 0.3) is 0 Å². The van der Waals surface area contributed by atoms with E-state index in [1.54, 1.807) is 12.1 Å². The van der Waals surface area contributed by atoms with Crippen LogP contribution in [-0.2, 0) is 4.74 Å². The number of primary amides is 1. The van der Waals surface area contributed by atoms with Crippen LogP contribution in [0.5, 0.6) is 0 Å². The van der Waals surface area contributed by atoms with Crippen LogP contribution in [0.3, 0.4) is 0 Å². The second-order valence-electron chi connectivity index (χ2n) is 4.06. The van der Waals surface area contributed by atoms with Crippen LogP contribution < -0.4 is 16.4 Å². The van der Waals surface area contributed by atoms with Gasteiger partial charge in [0.2, 0.25) is 0 Å². The number of carbonyl (C=O) groups excluding carboxylic acids is 1. The lowest BCUT2D eigenvalue weighted by molar-refractivity contribution is 0.100. The molecule has 0 spiro atoms. The third kappa shape index (κ3) is 2.50. The highest BCUT2D eigenvalue weighted by atomic mass is 16.5. The Kier molecular flexibility index (Phi) is 3.49. The molecule has 1 heterocycles. The summed E-state index contributed by atoms with van der Waals surface area (Å²) in [6.07, 6.45) is 0.959. The van der Waals surface area contributed by atoms with E-state index in [1.807, 2.05) is 6.07 Å². The van der Waals surface area contributed by atoms with E-state index in [1.165, 1.54) is 0 Å². The normalized spacial score (nSPS) is 16.6. The monoisotopic (exact) mass is 235 g/mol. The van der Waals surface area contributed by atoms with Crippen LogP contribution in [-0.4, -0.2) is 32.2 Å². The molecule has 0 radical (unpaired) electrons. The van der Waals surface area contributed by atoms with Gasteiger partial charge in [-0.25, -0.2) is 0 Å². The number of carbonyl (C=O) groups is 1. The smallest absolute Gasteiger partial charge is 0.250 e. The molecule has 0 aromatic heterocycles. The number of anilines is 2. The molecule has 92 valence electrons. The molecule has 1 amide bonds. The quantitative estimate of drug-likeness (QED) is 0.735.